The van der Waals surface area contributed by atoms with Crippen molar-refractivity contribution in [3.8, 4) is 0 Å². The number of halogens is 1. The standard InChI is InChI=1S/C9H9BrN2O2S3/c1-6-5-16-8(12-6)4-11-17(13,14)9-7(10)2-3-15-9/h2-3,5,11H,4H2,1H3. The summed E-state index contributed by atoms with van der Waals surface area (Å²) in [6.07, 6.45) is 0. The summed E-state index contributed by atoms with van der Waals surface area (Å²) in [5.41, 5.74) is 0.904. The molecule has 8 heteroatoms. The summed E-state index contributed by atoms with van der Waals surface area (Å²) >= 11 is 5.84. The zero-order chi connectivity index (χ0) is 12.5. The van der Waals surface area contributed by atoms with Gasteiger partial charge in [0, 0.05) is 15.5 Å². The third-order valence-corrected chi connectivity index (χ3v) is 6.95. The number of aryl methyl sites for hydroxylation is 1. The van der Waals surface area contributed by atoms with Crippen LogP contribution in [0, 0.1) is 6.92 Å². The van der Waals surface area contributed by atoms with Gasteiger partial charge in [-0.15, -0.1) is 22.7 Å². The van der Waals surface area contributed by atoms with Crippen molar-refractivity contribution in [3.63, 3.8) is 0 Å². The molecule has 1 N–H and O–H groups in total. The van der Waals surface area contributed by atoms with Crippen LogP contribution in [0.5, 0.6) is 0 Å². The van der Waals surface area contributed by atoms with E-state index in [1.165, 1.54) is 22.7 Å². The van der Waals surface area contributed by atoms with Gasteiger partial charge >= 0.3 is 0 Å². The Bertz CT molecular complexity index is 618. The van der Waals surface area contributed by atoms with Crippen molar-refractivity contribution >= 4 is 48.6 Å². The van der Waals surface area contributed by atoms with Gasteiger partial charge in [0.25, 0.3) is 10.0 Å². The first-order chi connectivity index (χ1) is 7.99. The number of hydrogen-bond acceptors (Lipinski definition) is 5. The Hall–Kier alpha value is -0.280. The maximum Gasteiger partial charge on any atom is 0.251 e. The van der Waals surface area contributed by atoms with Crippen LogP contribution in [0.2, 0.25) is 0 Å². The Kier molecular flexibility index (Phi) is 3.99. The molecule has 0 aliphatic carbocycles. The van der Waals surface area contributed by atoms with E-state index in [-0.39, 0.29) is 6.54 Å². The van der Waals surface area contributed by atoms with Gasteiger partial charge in [-0.3, -0.25) is 0 Å². The Balaban J connectivity index is 2.11. The highest BCUT2D eigenvalue weighted by Crippen LogP contribution is 2.27. The molecule has 4 nitrogen and oxygen atoms in total. The second kappa shape index (κ2) is 5.15. The second-order valence-corrected chi connectivity index (χ2v) is 7.94. The van der Waals surface area contributed by atoms with Gasteiger partial charge in [0.2, 0.25) is 0 Å². The molecule has 0 radical (unpaired) electrons. The molecule has 0 saturated carbocycles. The van der Waals surface area contributed by atoms with Gasteiger partial charge in [0.1, 0.15) is 9.22 Å². The summed E-state index contributed by atoms with van der Waals surface area (Å²) in [4.78, 5) is 4.20. The van der Waals surface area contributed by atoms with Crippen LogP contribution in [0.3, 0.4) is 0 Å². The van der Waals surface area contributed by atoms with Gasteiger partial charge in [-0.05, 0) is 34.3 Å². The van der Waals surface area contributed by atoms with E-state index >= 15 is 0 Å². The molecule has 0 fully saturated rings. The summed E-state index contributed by atoms with van der Waals surface area (Å²) in [6, 6.07) is 1.72. The Morgan fingerprint density at radius 3 is 2.76 bits per heavy atom. The van der Waals surface area contributed by atoms with Crippen LogP contribution in [-0.2, 0) is 16.6 Å². The molecule has 0 unspecified atom stereocenters. The Morgan fingerprint density at radius 2 is 2.24 bits per heavy atom. The van der Waals surface area contributed by atoms with Crippen molar-refractivity contribution in [1.82, 2.24) is 9.71 Å². The molecule has 0 amide bonds. The van der Waals surface area contributed by atoms with E-state index in [9.17, 15) is 8.42 Å². The van der Waals surface area contributed by atoms with Crippen LogP contribution >= 0.6 is 38.6 Å². The van der Waals surface area contributed by atoms with E-state index in [1.54, 1.807) is 11.4 Å². The summed E-state index contributed by atoms with van der Waals surface area (Å²) in [5.74, 6) is 0. The maximum atomic E-state index is 11.9. The zero-order valence-corrected chi connectivity index (χ0v) is 12.8. The lowest BCUT2D eigenvalue weighted by molar-refractivity contribution is 0.583. The van der Waals surface area contributed by atoms with Crippen molar-refractivity contribution in [1.29, 1.82) is 0 Å². The molecule has 2 aromatic rings. The van der Waals surface area contributed by atoms with Crippen molar-refractivity contribution in [2.24, 2.45) is 0 Å². The summed E-state index contributed by atoms with van der Waals surface area (Å²) < 4.78 is 27.3. The molecule has 2 rings (SSSR count). The fraction of sp³-hybridized carbons (Fsp3) is 0.222. The molecule has 92 valence electrons. The number of nitrogens with zero attached hydrogens (tertiary/aromatic N) is 1. The number of thiophene rings is 1. The van der Waals surface area contributed by atoms with Gasteiger partial charge < -0.3 is 0 Å². The topological polar surface area (TPSA) is 59.1 Å². The van der Waals surface area contributed by atoms with E-state index in [1.807, 2.05) is 12.3 Å². The van der Waals surface area contributed by atoms with Crippen molar-refractivity contribution < 1.29 is 8.42 Å². The molecule has 0 aliphatic heterocycles. The maximum absolute atomic E-state index is 11.9. The lowest BCUT2D eigenvalue weighted by Crippen LogP contribution is -2.22. The first-order valence-corrected chi connectivity index (χ1v) is 8.66. The van der Waals surface area contributed by atoms with Crippen LogP contribution in [0.4, 0.5) is 0 Å². The van der Waals surface area contributed by atoms with Gasteiger partial charge in [-0.25, -0.2) is 18.1 Å². The first kappa shape index (κ1) is 13.2. The van der Waals surface area contributed by atoms with Crippen molar-refractivity contribution in [2.75, 3.05) is 0 Å². The SMILES string of the molecule is Cc1csc(CNS(=O)(=O)c2sccc2Br)n1. The molecular formula is C9H9BrN2O2S3. The minimum atomic E-state index is -3.45. The van der Waals surface area contributed by atoms with E-state index < -0.39 is 10.0 Å². The predicted molar refractivity (Wildman–Crippen MR) is 72.9 cm³/mol. The van der Waals surface area contributed by atoms with Crippen LogP contribution < -0.4 is 4.72 Å². The lowest BCUT2D eigenvalue weighted by atomic mass is 10.6. The highest BCUT2D eigenvalue weighted by atomic mass is 79.9. The highest BCUT2D eigenvalue weighted by molar-refractivity contribution is 9.10. The average molecular weight is 353 g/mol. The first-order valence-electron chi connectivity index (χ1n) is 4.63. The van der Waals surface area contributed by atoms with E-state index in [0.717, 1.165) is 10.7 Å². The highest BCUT2D eigenvalue weighted by Gasteiger charge is 2.19. The molecule has 0 bridgehead atoms. The molecule has 0 spiro atoms. The Labute approximate surface area is 116 Å². The fourth-order valence-electron chi connectivity index (χ4n) is 1.18. The van der Waals surface area contributed by atoms with E-state index in [0.29, 0.717) is 8.68 Å². The van der Waals surface area contributed by atoms with Crippen LogP contribution in [0.25, 0.3) is 0 Å². The molecule has 0 aromatic carbocycles. The molecule has 2 aromatic heterocycles. The number of rotatable bonds is 4. The van der Waals surface area contributed by atoms with E-state index in [4.69, 9.17) is 0 Å². The van der Waals surface area contributed by atoms with Crippen LogP contribution in [-0.4, -0.2) is 13.4 Å². The van der Waals surface area contributed by atoms with Gasteiger partial charge in [-0.2, -0.15) is 0 Å². The van der Waals surface area contributed by atoms with Crippen molar-refractivity contribution in [3.05, 3.63) is 32.0 Å². The minimum Gasteiger partial charge on any atom is -0.245 e. The van der Waals surface area contributed by atoms with Gasteiger partial charge in [-0.1, -0.05) is 0 Å². The number of sulfonamides is 1. The van der Waals surface area contributed by atoms with E-state index in [2.05, 4.69) is 25.6 Å². The zero-order valence-electron chi connectivity index (χ0n) is 8.81. The summed E-state index contributed by atoms with van der Waals surface area (Å²) in [7, 11) is -3.45. The normalized spacial score (nSPS) is 11.9. The molecule has 0 saturated heterocycles. The molecule has 2 heterocycles. The number of nitrogens with one attached hydrogen (secondary N) is 1. The Morgan fingerprint density at radius 1 is 1.47 bits per heavy atom. The van der Waals surface area contributed by atoms with Crippen LogP contribution in [0.15, 0.2) is 25.5 Å². The third-order valence-electron chi connectivity index (χ3n) is 1.91. The summed E-state index contributed by atoms with van der Waals surface area (Å²) in [6.45, 7) is 2.11. The second-order valence-electron chi connectivity index (χ2n) is 3.26. The van der Waals surface area contributed by atoms with Crippen molar-refractivity contribution in [2.45, 2.75) is 17.7 Å². The quantitative estimate of drug-likeness (QED) is 0.920. The molecule has 0 atom stereocenters. The minimum absolute atomic E-state index is 0.227. The molecule has 17 heavy (non-hydrogen) atoms. The summed E-state index contributed by atoms with van der Waals surface area (Å²) in [5, 5.41) is 4.38. The fourth-order valence-corrected chi connectivity index (χ4v) is 5.35. The molecular weight excluding hydrogens is 344 g/mol. The van der Waals surface area contributed by atoms with Crippen LogP contribution in [0.1, 0.15) is 10.7 Å². The smallest absolute Gasteiger partial charge is 0.245 e. The van der Waals surface area contributed by atoms with Gasteiger partial charge in [0.05, 0.1) is 6.54 Å². The number of thiazole rings is 1. The molecule has 0 aliphatic rings. The lowest BCUT2D eigenvalue weighted by Gasteiger charge is -2.03. The third kappa shape index (κ3) is 3.14. The predicted octanol–water partition coefficient (Wildman–Crippen LogP) is 2.75. The largest absolute Gasteiger partial charge is 0.251 e. The number of aromatic nitrogens is 1. The average Bonchev–Trinajstić information content (AvgIpc) is 2.85. The van der Waals surface area contributed by atoms with Gasteiger partial charge in [0.15, 0.2) is 0 Å². The number of hydrogen-bond donors (Lipinski definition) is 1. The monoisotopic (exact) mass is 352 g/mol.